The lowest BCUT2D eigenvalue weighted by molar-refractivity contribution is 0.0315. The average molecular weight is 301 g/mol. The van der Waals surface area contributed by atoms with Gasteiger partial charge in [-0.2, -0.15) is 5.26 Å². The normalized spacial score (nSPS) is 18.7. The van der Waals surface area contributed by atoms with Crippen LogP contribution in [0.3, 0.4) is 0 Å². The van der Waals surface area contributed by atoms with Crippen LogP contribution in [-0.2, 0) is 11.3 Å². The number of para-hydroxylation sites is 2. The summed E-state index contributed by atoms with van der Waals surface area (Å²) in [7, 11) is 0. The molecule has 1 atom stereocenters. The zero-order chi connectivity index (χ0) is 14.5. The minimum atomic E-state index is 0.341. The lowest BCUT2D eigenvalue weighted by Crippen LogP contribution is -2.21. The van der Waals surface area contributed by atoms with E-state index in [0.29, 0.717) is 19.1 Å². The Bertz CT molecular complexity index is 640. The molecular formula is C16H19N3OS. The maximum atomic E-state index is 8.85. The van der Waals surface area contributed by atoms with Gasteiger partial charge in [-0.15, -0.1) is 0 Å². The highest BCUT2D eigenvalue weighted by Gasteiger charge is 2.17. The van der Waals surface area contributed by atoms with Crippen LogP contribution < -0.4 is 0 Å². The van der Waals surface area contributed by atoms with Crippen LogP contribution in [0.25, 0.3) is 11.0 Å². The Morgan fingerprint density at radius 1 is 1.38 bits per heavy atom. The standard InChI is InChI=1S/C16H19N3OS/c17-9-5-10-19-15-8-2-1-7-14(15)18-16(19)21-12-13-6-3-4-11-20-13/h1-2,7-8,13H,3-6,10-12H2. The Morgan fingerprint density at radius 3 is 3.10 bits per heavy atom. The van der Waals surface area contributed by atoms with Gasteiger partial charge in [0.05, 0.1) is 29.6 Å². The van der Waals surface area contributed by atoms with Crippen molar-refractivity contribution in [1.29, 1.82) is 5.26 Å². The summed E-state index contributed by atoms with van der Waals surface area (Å²) in [6, 6.07) is 10.3. The number of nitrogens with zero attached hydrogens (tertiary/aromatic N) is 3. The largest absolute Gasteiger partial charge is 0.377 e. The fourth-order valence-electron chi connectivity index (χ4n) is 2.65. The molecule has 0 amide bonds. The van der Waals surface area contributed by atoms with Crippen molar-refractivity contribution in [2.45, 2.75) is 43.5 Å². The highest BCUT2D eigenvalue weighted by atomic mass is 32.2. The van der Waals surface area contributed by atoms with E-state index in [4.69, 9.17) is 15.0 Å². The van der Waals surface area contributed by atoms with Crippen LogP contribution in [0.1, 0.15) is 25.7 Å². The first kappa shape index (κ1) is 14.4. The first-order valence-electron chi connectivity index (χ1n) is 7.45. The smallest absolute Gasteiger partial charge is 0.169 e. The van der Waals surface area contributed by atoms with Crippen LogP contribution in [-0.4, -0.2) is 28.0 Å². The monoisotopic (exact) mass is 301 g/mol. The molecule has 1 saturated heterocycles. The fourth-order valence-corrected chi connectivity index (χ4v) is 3.75. The van der Waals surface area contributed by atoms with Crippen LogP contribution in [0.15, 0.2) is 29.4 Å². The molecule has 1 unspecified atom stereocenters. The number of nitriles is 1. The highest BCUT2D eigenvalue weighted by Crippen LogP contribution is 2.27. The predicted octanol–water partition coefficient (Wildman–Crippen LogP) is 3.61. The molecule has 1 aromatic heterocycles. The fraction of sp³-hybridized carbons (Fsp3) is 0.500. The van der Waals surface area contributed by atoms with Gasteiger partial charge in [0, 0.05) is 18.9 Å². The van der Waals surface area contributed by atoms with Gasteiger partial charge in [-0.25, -0.2) is 4.98 Å². The second kappa shape index (κ2) is 6.97. The summed E-state index contributed by atoms with van der Waals surface area (Å²) in [4.78, 5) is 4.71. The molecule has 1 aliphatic heterocycles. The Balaban J connectivity index is 1.77. The number of aryl methyl sites for hydroxylation is 1. The third-order valence-corrected chi connectivity index (χ3v) is 4.85. The van der Waals surface area contributed by atoms with Crippen molar-refractivity contribution in [1.82, 2.24) is 9.55 Å². The number of ether oxygens (including phenoxy) is 1. The van der Waals surface area contributed by atoms with Crippen molar-refractivity contribution in [2.24, 2.45) is 0 Å². The van der Waals surface area contributed by atoms with Gasteiger partial charge in [-0.3, -0.25) is 0 Å². The minimum Gasteiger partial charge on any atom is -0.377 e. The molecule has 1 fully saturated rings. The number of thioether (sulfide) groups is 1. The number of benzene rings is 1. The maximum absolute atomic E-state index is 8.85. The topological polar surface area (TPSA) is 50.8 Å². The van der Waals surface area contributed by atoms with Gasteiger partial charge in [0.1, 0.15) is 0 Å². The van der Waals surface area contributed by atoms with Gasteiger partial charge in [-0.05, 0) is 31.4 Å². The molecule has 0 spiro atoms. The van der Waals surface area contributed by atoms with Crippen molar-refractivity contribution >= 4 is 22.8 Å². The summed E-state index contributed by atoms with van der Waals surface area (Å²) < 4.78 is 7.94. The van der Waals surface area contributed by atoms with E-state index in [-0.39, 0.29) is 0 Å². The summed E-state index contributed by atoms with van der Waals surface area (Å²) in [5.74, 6) is 0.940. The van der Waals surface area contributed by atoms with E-state index in [1.165, 1.54) is 12.8 Å². The number of aromatic nitrogens is 2. The summed E-state index contributed by atoms with van der Waals surface area (Å²) in [6.07, 6.45) is 4.44. The molecule has 1 aliphatic rings. The number of hydrogen-bond donors (Lipinski definition) is 0. The lowest BCUT2D eigenvalue weighted by atomic mass is 10.1. The van der Waals surface area contributed by atoms with E-state index in [9.17, 15) is 0 Å². The summed E-state index contributed by atoms with van der Waals surface area (Å²) in [5, 5.41) is 9.85. The van der Waals surface area contributed by atoms with Crippen molar-refractivity contribution in [3.05, 3.63) is 24.3 Å². The number of imidazole rings is 1. The Hall–Kier alpha value is -1.51. The first-order valence-corrected chi connectivity index (χ1v) is 8.43. The summed E-state index contributed by atoms with van der Waals surface area (Å²) >= 11 is 1.75. The summed E-state index contributed by atoms with van der Waals surface area (Å²) in [5.41, 5.74) is 2.11. The molecule has 110 valence electrons. The SMILES string of the molecule is N#CCCn1c(SCC2CCCCO2)nc2ccccc21. The molecule has 0 radical (unpaired) electrons. The van der Waals surface area contributed by atoms with Crippen molar-refractivity contribution in [3.8, 4) is 6.07 Å². The molecule has 3 rings (SSSR count). The van der Waals surface area contributed by atoms with Crippen LogP contribution in [0, 0.1) is 11.3 Å². The molecule has 0 aliphatic carbocycles. The van der Waals surface area contributed by atoms with Crippen molar-refractivity contribution < 1.29 is 4.74 Å². The van der Waals surface area contributed by atoms with Crippen LogP contribution >= 0.6 is 11.8 Å². The number of fused-ring (bicyclic) bond motifs is 1. The van der Waals surface area contributed by atoms with Gasteiger partial charge < -0.3 is 9.30 Å². The van der Waals surface area contributed by atoms with Gasteiger partial charge in [0.25, 0.3) is 0 Å². The van der Waals surface area contributed by atoms with Gasteiger partial charge in [0.2, 0.25) is 0 Å². The van der Waals surface area contributed by atoms with E-state index in [2.05, 4.69) is 16.7 Å². The molecule has 0 bridgehead atoms. The average Bonchev–Trinajstić information content (AvgIpc) is 2.89. The Kier molecular flexibility index (Phi) is 4.79. The molecular weight excluding hydrogens is 282 g/mol. The van der Waals surface area contributed by atoms with E-state index in [1.54, 1.807) is 11.8 Å². The molecule has 5 heteroatoms. The highest BCUT2D eigenvalue weighted by molar-refractivity contribution is 7.99. The van der Waals surface area contributed by atoms with E-state index in [1.807, 2.05) is 18.2 Å². The van der Waals surface area contributed by atoms with Crippen LogP contribution in [0.2, 0.25) is 0 Å². The number of hydrogen-bond acceptors (Lipinski definition) is 4. The molecule has 0 N–H and O–H groups in total. The van der Waals surface area contributed by atoms with Crippen LogP contribution in [0.4, 0.5) is 0 Å². The molecule has 2 heterocycles. The third-order valence-electron chi connectivity index (χ3n) is 3.74. The third kappa shape index (κ3) is 3.39. The Morgan fingerprint density at radius 2 is 2.29 bits per heavy atom. The minimum absolute atomic E-state index is 0.341. The molecule has 0 saturated carbocycles. The van der Waals surface area contributed by atoms with E-state index >= 15 is 0 Å². The van der Waals surface area contributed by atoms with Crippen molar-refractivity contribution in [3.63, 3.8) is 0 Å². The van der Waals surface area contributed by atoms with Gasteiger partial charge >= 0.3 is 0 Å². The quantitative estimate of drug-likeness (QED) is 0.792. The van der Waals surface area contributed by atoms with Crippen LogP contribution in [0.5, 0.6) is 0 Å². The van der Waals surface area contributed by atoms with Gasteiger partial charge in [-0.1, -0.05) is 23.9 Å². The summed E-state index contributed by atoms with van der Waals surface area (Å²) in [6.45, 7) is 1.58. The zero-order valence-corrected chi connectivity index (χ0v) is 12.8. The Labute approximate surface area is 129 Å². The number of rotatable bonds is 5. The van der Waals surface area contributed by atoms with Crippen molar-refractivity contribution in [2.75, 3.05) is 12.4 Å². The second-order valence-electron chi connectivity index (χ2n) is 5.24. The van der Waals surface area contributed by atoms with E-state index in [0.717, 1.165) is 35.0 Å². The lowest BCUT2D eigenvalue weighted by Gasteiger charge is -2.21. The van der Waals surface area contributed by atoms with E-state index < -0.39 is 0 Å². The zero-order valence-electron chi connectivity index (χ0n) is 12.0. The predicted molar refractivity (Wildman–Crippen MR) is 84.3 cm³/mol. The molecule has 4 nitrogen and oxygen atoms in total. The molecule has 2 aromatic rings. The molecule has 1 aromatic carbocycles. The molecule has 21 heavy (non-hydrogen) atoms. The second-order valence-corrected chi connectivity index (χ2v) is 6.23. The van der Waals surface area contributed by atoms with Gasteiger partial charge in [0.15, 0.2) is 5.16 Å². The maximum Gasteiger partial charge on any atom is 0.169 e. The first-order chi connectivity index (χ1) is 10.4.